The van der Waals surface area contributed by atoms with Crippen molar-refractivity contribution < 1.29 is 18.7 Å². The lowest BCUT2D eigenvalue weighted by atomic mass is 9.69. The summed E-state index contributed by atoms with van der Waals surface area (Å²) in [6, 6.07) is 21.0. The summed E-state index contributed by atoms with van der Waals surface area (Å²) in [5.74, 6) is -1.10. The third-order valence-electron chi connectivity index (χ3n) is 6.94. The zero-order chi connectivity index (χ0) is 23.4. The van der Waals surface area contributed by atoms with Crippen LogP contribution in [0.1, 0.15) is 49.8 Å². The normalized spacial score (nSPS) is 19.5. The Morgan fingerprint density at radius 2 is 1.76 bits per heavy atom. The topological polar surface area (TPSA) is 40.5 Å². The second kappa shape index (κ2) is 9.84. The van der Waals surface area contributed by atoms with Gasteiger partial charge in [-0.3, -0.25) is 4.79 Å². The standard InChI is InChI=1S/C28H29F2NO2/c1-20(21-8-10-22(11-9-21)25-13-12-24(29)18-26(25)30)31-16-15-28(14-5-17-32,19-27(31)33)23-6-3-2-4-7-23/h2-4,6-13,18,20,32H,5,14-17,19H2,1H3/t20-,28-/m0/s1. The fraction of sp³-hybridized carbons (Fsp3) is 0.321. The Kier molecular flexibility index (Phi) is 6.89. The second-order valence-corrected chi connectivity index (χ2v) is 8.91. The summed E-state index contributed by atoms with van der Waals surface area (Å²) in [6.07, 6.45) is 2.70. The van der Waals surface area contributed by atoms with Crippen LogP contribution in [0, 0.1) is 11.6 Å². The van der Waals surface area contributed by atoms with Gasteiger partial charge in [0.1, 0.15) is 11.6 Å². The Hall–Kier alpha value is -3.05. The van der Waals surface area contributed by atoms with Gasteiger partial charge in [0.25, 0.3) is 0 Å². The molecule has 1 saturated heterocycles. The van der Waals surface area contributed by atoms with Crippen LogP contribution in [0.4, 0.5) is 8.78 Å². The maximum Gasteiger partial charge on any atom is 0.223 e. The molecule has 0 radical (unpaired) electrons. The molecule has 1 aliphatic rings. The van der Waals surface area contributed by atoms with Gasteiger partial charge in [0, 0.05) is 36.6 Å². The zero-order valence-corrected chi connectivity index (χ0v) is 18.8. The third-order valence-corrected chi connectivity index (χ3v) is 6.94. The first kappa shape index (κ1) is 23.1. The number of rotatable bonds is 7. The number of carbonyl (C=O) groups is 1. The Morgan fingerprint density at radius 1 is 1.03 bits per heavy atom. The van der Waals surface area contributed by atoms with Crippen molar-refractivity contribution in [3.63, 3.8) is 0 Å². The molecule has 5 heteroatoms. The molecular weight excluding hydrogens is 420 g/mol. The van der Waals surface area contributed by atoms with E-state index in [9.17, 15) is 18.7 Å². The first-order valence-electron chi connectivity index (χ1n) is 11.4. The maximum absolute atomic E-state index is 14.1. The molecule has 2 atom stereocenters. The van der Waals surface area contributed by atoms with Crippen LogP contribution < -0.4 is 0 Å². The quantitative estimate of drug-likeness (QED) is 0.479. The lowest BCUT2D eigenvalue weighted by Gasteiger charge is -2.44. The Morgan fingerprint density at radius 3 is 2.39 bits per heavy atom. The first-order valence-corrected chi connectivity index (χ1v) is 11.4. The van der Waals surface area contributed by atoms with Crippen molar-refractivity contribution in [2.45, 2.75) is 44.1 Å². The van der Waals surface area contributed by atoms with Crippen LogP contribution in [-0.4, -0.2) is 29.1 Å². The number of amides is 1. The van der Waals surface area contributed by atoms with E-state index in [1.54, 1.807) is 0 Å². The van der Waals surface area contributed by atoms with Crippen LogP contribution in [0.3, 0.4) is 0 Å². The minimum absolute atomic E-state index is 0.101. The Bertz CT molecular complexity index is 1100. The monoisotopic (exact) mass is 449 g/mol. The minimum Gasteiger partial charge on any atom is -0.396 e. The van der Waals surface area contributed by atoms with Crippen molar-refractivity contribution in [2.75, 3.05) is 13.2 Å². The van der Waals surface area contributed by atoms with Gasteiger partial charge < -0.3 is 10.0 Å². The van der Waals surface area contributed by atoms with Crippen LogP contribution in [0.5, 0.6) is 0 Å². The van der Waals surface area contributed by atoms with E-state index in [0.29, 0.717) is 30.5 Å². The number of hydrogen-bond acceptors (Lipinski definition) is 2. The summed E-state index contributed by atoms with van der Waals surface area (Å²) in [4.78, 5) is 15.2. The summed E-state index contributed by atoms with van der Waals surface area (Å²) >= 11 is 0. The highest BCUT2D eigenvalue weighted by Gasteiger charge is 2.41. The van der Waals surface area contributed by atoms with Crippen LogP contribution in [-0.2, 0) is 10.2 Å². The van der Waals surface area contributed by atoms with Crippen molar-refractivity contribution in [1.82, 2.24) is 4.90 Å². The van der Waals surface area contributed by atoms with Gasteiger partial charge in [0.2, 0.25) is 5.91 Å². The molecule has 0 bridgehead atoms. The lowest BCUT2D eigenvalue weighted by Crippen LogP contribution is -2.47. The molecule has 3 aromatic rings. The predicted molar refractivity (Wildman–Crippen MR) is 126 cm³/mol. The molecule has 0 aliphatic carbocycles. The van der Waals surface area contributed by atoms with E-state index in [-0.39, 0.29) is 24.0 Å². The molecule has 0 unspecified atom stereocenters. The molecule has 0 aromatic heterocycles. The van der Waals surface area contributed by atoms with E-state index in [1.165, 1.54) is 12.1 Å². The molecular formula is C28H29F2NO2. The molecule has 3 nitrogen and oxygen atoms in total. The fourth-order valence-electron chi connectivity index (χ4n) is 5.01. The first-order chi connectivity index (χ1) is 15.9. The average molecular weight is 450 g/mol. The molecule has 1 amide bonds. The molecule has 33 heavy (non-hydrogen) atoms. The summed E-state index contributed by atoms with van der Waals surface area (Å²) in [7, 11) is 0. The zero-order valence-electron chi connectivity index (χ0n) is 18.8. The molecule has 4 rings (SSSR count). The predicted octanol–water partition coefficient (Wildman–Crippen LogP) is 6.03. The van der Waals surface area contributed by atoms with E-state index >= 15 is 0 Å². The van der Waals surface area contributed by atoms with Gasteiger partial charge in [-0.25, -0.2) is 8.78 Å². The van der Waals surface area contributed by atoms with Crippen LogP contribution in [0.25, 0.3) is 11.1 Å². The molecule has 1 heterocycles. The lowest BCUT2D eigenvalue weighted by molar-refractivity contribution is -0.138. The number of hydrogen-bond donors (Lipinski definition) is 1. The van der Waals surface area contributed by atoms with Gasteiger partial charge in [-0.1, -0.05) is 54.6 Å². The van der Waals surface area contributed by atoms with Crippen molar-refractivity contribution >= 4 is 5.91 Å². The third kappa shape index (κ3) is 4.83. The largest absolute Gasteiger partial charge is 0.396 e. The number of nitrogens with zero attached hydrogens (tertiary/aromatic N) is 1. The van der Waals surface area contributed by atoms with E-state index in [0.717, 1.165) is 30.0 Å². The van der Waals surface area contributed by atoms with E-state index in [4.69, 9.17) is 0 Å². The molecule has 0 saturated carbocycles. The van der Waals surface area contributed by atoms with Crippen LogP contribution >= 0.6 is 0 Å². The molecule has 0 spiro atoms. The number of piperidine rings is 1. The van der Waals surface area contributed by atoms with Crippen molar-refractivity contribution in [3.8, 4) is 11.1 Å². The molecule has 3 aromatic carbocycles. The van der Waals surface area contributed by atoms with E-state index in [1.807, 2.05) is 54.3 Å². The average Bonchev–Trinajstić information content (AvgIpc) is 2.83. The van der Waals surface area contributed by atoms with Crippen LogP contribution in [0.15, 0.2) is 72.8 Å². The number of benzene rings is 3. The van der Waals surface area contributed by atoms with E-state index < -0.39 is 11.6 Å². The Balaban J connectivity index is 1.51. The maximum atomic E-state index is 14.1. The van der Waals surface area contributed by atoms with Gasteiger partial charge in [-0.2, -0.15) is 0 Å². The number of likely N-dealkylation sites (tertiary alicyclic amines) is 1. The molecule has 172 valence electrons. The van der Waals surface area contributed by atoms with Crippen molar-refractivity contribution in [2.24, 2.45) is 0 Å². The summed E-state index contributed by atoms with van der Waals surface area (Å²) in [5.41, 5.74) is 2.89. The van der Waals surface area contributed by atoms with E-state index in [2.05, 4.69) is 12.1 Å². The number of aliphatic hydroxyl groups is 1. The smallest absolute Gasteiger partial charge is 0.223 e. The number of halogens is 2. The van der Waals surface area contributed by atoms with Gasteiger partial charge in [0.05, 0.1) is 6.04 Å². The van der Waals surface area contributed by atoms with Crippen molar-refractivity contribution in [1.29, 1.82) is 0 Å². The minimum atomic E-state index is -0.601. The van der Waals surface area contributed by atoms with Crippen molar-refractivity contribution in [3.05, 3.63) is 95.6 Å². The van der Waals surface area contributed by atoms with Crippen LogP contribution in [0.2, 0.25) is 0 Å². The highest BCUT2D eigenvalue weighted by molar-refractivity contribution is 5.79. The highest BCUT2D eigenvalue weighted by atomic mass is 19.1. The highest BCUT2D eigenvalue weighted by Crippen LogP contribution is 2.42. The number of aliphatic hydroxyl groups excluding tert-OH is 1. The van der Waals surface area contributed by atoms with Gasteiger partial charge in [-0.05, 0) is 55.0 Å². The second-order valence-electron chi connectivity index (χ2n) is 8.91. The molecule has 1 aliphatic heterocycles. The molecule has 1 N–H and O–H groups in total. The summed E-state index contributed by atoms with van der Waals surface area (Å²) in [5, 5.41) is 9.41. The summed E-state index contributed by atoms with van der Waals surface area (Å²) in [6.45, 7) is 2.76. The number of carbonyl (C=O) groups excluding carboxylic acids is 1. The van der Waals surface area contributed by atoms with Gasteiger partial charge >= 0.3 is 0 Å². The SMILES string of the molecule is C[C@@H](c1ccc(-c2ccc(F)cc2F)cc1)N1CC[C@](CCCO)(c2ccccc2)CC1=O. The Labute approximate surface area is 193 Å². The van der Waals surface area contributed by atoms with Gasteiger partial charge in [-0.15, -0.1) is 0 Å². The van der Waals surface area contributed by atoms with Gasteiger partial charge in [0.15, 0.2) is 0 Å². The summed E-state index contributed by atoms with van der Waals surface area (Å²) < 4.78 is 27.3. The fourth-order valence-corrected chi connectivity index (χ4v) is 5.01. The molecule has 1 fully saturated rings.